The number of hydrogen-bond donors (Lipinski definition) is 3. The van der Waals surface area contributed by atoms with E-state index in [1.165, 1.54) is 12.1 Å². The zero-order valence-corrected chi connectivity index (χ0v) is 19.8. The molecule has 1 heterocycles. The molecule has 2 amide bonds. The second-order valence-electron chi connectivity index (χ2n) is 9.42. The Bertz CT molecular complexity index is 1260. The first-order valence-electron chi connectivity index (χ1n) is 12.2. The average Bonchev–Trinajstić information content (AvgIpc) is 3.44. The van der Waals surface area contributed by atoms with Crippen LogP contribution in [0.5, 0.6) is 5.75 Å². The molecule has 3 aromatic rings. The number of phenols is 1. The molecule has 5 rings (SSSR count). The predicted octanol–water partition coefficient (Wildman–Crippen LogP) is 3.41. The number of Topliss-reactive ketones (excluding diaryl/α,β-unsaturated/α-hetero) is 1. The van der Waals surface area contributed by atoms with Crippen molar-refractivity contribution < 1.29 is 24.2 Å². The van der Waals surface area contributed by atoms with Crippen LogP contribution in [0.1, 0.15) is 35.2 Å². The van der Waals surface area contributed by atoms with E-state index in [0.29, 0.717) is 12.0 Å². The predicted molar refractivity (Wildman–Crippen MR) is 134 cm³/mol. The van der Waals surface area contributed by atoms with E-state index in [0.717, 1.165) is 29.5 Å². The number of phenolic OH excluding ortho intramolecular Hbond substituents is 1. The molecule has 184 valence electrons. The molecule has 7 heteroatoms. The molecule has 7 nitrogen and oxygen atoms in total. The van der Waals surface area contributed by atoms with Crippen LogP contribution in [0.2, 0.25) is 0 Å². The molecule has 1 aliphatic heterocycles. The van der Waals surface area contributed by atoms with Crippen molar-refractivity contribution in [3.8, 4) is 16.9 Å². The Morgan fingerprint density at radius 1 is 0.972 bits per heavy atom. The molecular weight excluding hydrogens is 456 g/mol. The second kappa shape index (κ2) is 9.95. The standard InChI is InChI=1S/C29H28N2O5/c32-23-14-8-19(9-15-23)17-24(28(35)31-29-16-4-7-26(29)36-18-25(29)33)30-27(34)22-12-10-21(11-13-22)20-5-2-1-3-6-20/h1-3,5-6,8-15,24,26,32H,4,7,16-18H2,(H,30,34)(H,31,35). The molecule has 3 unspecified atom stereocenters. The maximum Gasteiger partial charge on any atom is 0.251 e. The number of carbonyl (C=O) groups excluding carboxylic acids is 3. The summed E-state index contributed by atoms with van der Waals surface area (Å²) in [6, 6.07) is 22.6. The van der Waals surface area contributed by atoms with Gasteiger partial charge in [-0.1, -0.05) is 54.6 Å². The molecule has 3 atom stereocenters. The normalized spacial score (nSPS) is 21.6. The monoisotopic (exact) mass is 484 g/mol. The highest BCUT2D eigenvalue weighted by Gasteiger charge is 2.55. The summed E-state index contributed by atoms with van der Waals surface area (Å²) in [5, 5.41) is 15.4. The van der Waals surface area contributed by atoms with E-state index in [4.69, 9.17) is 4.74 Å². The number of rotatable bonds is 7. The molecule has 3 N–H and O–H groups in total. The van der Waals surface area contributed by atoms with Gasteiger partial charge in [-0.2, -0.15) is 0 Å². The molecular formula is C29H28N2O5. The van der Waals surface area contributed by atoms with Gasteiger partial charge in [-0.15, -0.1) is 0 Å². The van der Waals surface area contributed by atoms with Crippen molar-refractivity contribution in [2.24, 2.45) is 0 Å². The fraction of sp³-hybridized carbons (Fsp3) is 0.276. The van der Waals surface area contributed by atoms with Crippen LogP contribution >= 0.6 is 0 Å². The SMILES string of the molecule is O=C(NC(Cc1ccc(O)cc1)C(=O)NC12CCCC1OCC2=O)c1ccc(-c2ccccc2)cc1. The third-order valence-electron chi connectivity index (χ3n) is 7.10. The number of nitrogens with one attached hydrogen (secondary N) is 2. The Labute approximate surface area is 209 Å². The van der Waals surface area contributed by atoms with Gasteiger partial charge in [-0.05, 0) is 60.2 Å². The van der Waals surface area contributed by atoms with Crippen molar-refractivity contribution >= 4 is 17.6 Å². The summed E-state index contributed by atoms with van der Waals surface area (Å²) < 4.78 is 5.62. The van der Waals surface area contributed by atoms with Crippen LogP contribution in [0.4, 0.5) is 0 Å². The lowest BCUT2D eigenvalue weighted by atomic mass is 9.91. The minimum atomic E-state index is -1.02. The highest BCUT2D eigenvalue weighted by atomic mass is 16.5. The van der Waals surface area contributed by atoms with Gasteiger partial charge in [0.1, 0.15) is 23.9 Å². The lowest BCUT2D eigenvalue weighted by Gasteiger charge is -2.30. The molecule has 36 heavy (non-hydrogen) atoms. The summed E-state index contributed by atoms with van der Waals surface area (Å²) in [4.78, 5) is 39.3. The fourth-order valence-corrected chi connectivity index (χ4v) is 5.11. The van der Waals surface area contributed by atoms with Crippen LogP contribution in [0.3, 0.4) is 0 Å². The van der Waals surface area contributed by atoms with Crippen molar-refractivity contribution in [2.75, 3.05) is 6.61 Å². The minimum absolute atomic E-state index is 0.00625. The Balaban J connectivity index is 1.35. The molecule has 2 fully saturated rings. The molecule has 1 aliphatic carbocycles. The van der Waals surface area contributed by atoms with Crippen LogP contribution in [0, 0.1) is 0 Å². The number of amides is 2. The van der Waals surface area contributed by atoms with E-state index in [1.54, 1.807) is 24.3 Å². The van der Waals surface area contributed by atoms with Crippen molar-refractivity contribution in [1.29, 1.82) is 0 Å². The van der Waals surface area contributed by atoms with Crippen LogP contribution in [-0.4, -0.2) is 47.0 Å². The van der Waals surface area contributed by atoms with E-state index >= 15 is 0 Å². The maximum atomic E-state index is 13.5. The van der Waals surface area contributed by atoms with Gasteiger partial charge < -0.3 is 20.5 Å². The Morgan fingerprint density at radius 3 is 2.39 bits per heavy atom. The lowest BCUT2D eigenvalue weighted by Crippen LogP contribution is -2.60. The number of ether oxygens (including phenoxy) is 1. The smallest absolute Gasteiger partial charge is 0.251 e. The highest BCUT2D eigenvalue weighted by Crippen LogP contribution is 2.38. The minimum Gasteiger partial charge on any atom is -0.508 e. The Hall–Kier alpha value is -3.97. The van der Waals surface area contributed by atoms with Gasteiger partial charge in [0.25, 0.3) is 5.91 Å². The van der Waals surface area contributed by atoms with Crippen LogP contribution in [-0.2, 0) is 20.7 Å². The number of carbonyl (C=O) groups is 3. The number of benzene rings is 3. The van der Waals surface area contributed by atoms with Gasteiger partial charge in [0.05, 0.1) is 6.10 Å². The summed E-state index contributed by atoms with van der Waals surface area (Å²) in [6.45, 7) is -0.00625. The number of ketones is 1. The molecule has 0 radical (unpaired) electrons. The lowest BCUT2D eigenvalue weighted by molar-refractivity contribution is -0.131. The highest BCUT2D eigenvalue weighted by molar-refractivity contribution is 6.00. The molecule has 0 bridgehead atoms. The van der Waals surface area contributed by atoms with Gasteiger partial charge in [0, 0.05) is 12.0 Å². The van der Waals surface area contributed by atoms with Gasteiger partial charge >= 0.3 is 0 Å². The summed E-state index contributed by atoms with van der Waals surface area (Å²) in [5.41, 5.74) is 2.20. The van der Waals surface area contributed by atoms with Crippen molar-refractivity contribution in [2.45, 2.75) is 43.4 Å². The van der Waals surface area contributed by atoms with E-state index in [1.807, 2.05) is 42.5 Å². The number of hydrogen-bond acceptors (Lipinski definition) is 5. The zero-order valence-electron chi connectivity index (χ0n) is 19.8. The first-order valence-corrected chi connectivity index (χ1v) is 12.2. The molecule has 0 aromatic heterocycles. The van der Waals surface area contributed by atoms with Crippen molar-refractivity contribution in [1.82, 2.24) is 10.6 Å². The van der Waals surface area contributed by atoms with Gasteiger partial charge in [0.15, 0.2) is 5.78 Å². The van der Waals surface area contributed by atoms with Crippen LogP contribution in [0.25, 0.3) is 11.1 Å². The zero-order chi connectivity index (χ0) is 25.1. The summed E-state index contributed by atoms with van der Waals surface area (Å²) in [5.74, 6) is -0.820. The molecule has 0 spiro atoms. The molecule has 3 aromatic carbocycles. The van der Waals surface area contributed by atoms with Crippen molar-refractivity contribution in [3.05, 3.63) is 90.0 Å². The topological polar surface area (TPSA) is 105 Å². The van der Waals surface area contributed by atoms with Gasteiger partial charge in [-0.3, -0.25) is 14.4 Å². The van der Waals surface area contributed by atoms with E-state index in [9.17, 15) is 19.5 Å². The third-order valence-corrected chi connectivity index (χ3v) is 7.10. The molecule has 2 aliphatic rings. The summed E-state index contributed by atoms with van der Waals surface area (Å²) in [7, 11) is 0. The first kappa shape index (κ1) is 23.8. The van der Waals surface area contributed by atoms with E-state index < -0.39 is 17.5 Å². The third kappa shape index (κ3) is 4.75. The fourth-order valence-electron chi connectivity index (χ4n) is 5.11. The number of fused-ring (bicyclic) bond motifs is 1. The largest absolute Gasteiger partial charge is 0.508 e. The summed E-state index contributed by atoms with van der Waals surface area (Å²) >= 11 is 0. The second-order valence-corrected chi connectivity index (χ2v) is 9.42. The molecule has 1 saturated carbocycles. The summed E-state index contributed by atoms with van der Waals surface area (Å²) in [6.07, 6.45) is 1.91. The average molecular weight is 485 g/mol. The van der Waals surface area contributed by atoms with E-state index in [2.05, 4.69) is 10.6 Å². The first-order chi connectivity index (χ1) is 17.4. The number of aromatic hydroxyl groups is 1. The van der Waals surface area contributed by atoms with Gasteiger partial charge in [0.2, 0.25) is 5.91 Å². The molecule has 1 saturated heterocycles. The quantitative estimate of drug-likeness (QED) is 0.477. The van der Waals surface area contributed by atoms with E-state index in [-0.39, 0.29) is 36.6 Å². The van der Waals surface area contributed by atoms with Crippen molar-refractivity contribution in [3.63, 3.8) is 0 Å². The Kier molecular flexibility index (Phi) is 6.57. The van der Waals surface area contributed by atoms with Crippen LogP contribution < -0.4 is 10.6 Å². The van der Waals surface area contributed by atoms with Crippen LogP contribution in [0.15, 0.2) is 78.9 Å². The van der Waals surface area contributed by atoms with Gasteiger partial charge in [-0.25, -0.2) is 0 Å². The Morgan fingerprint density at radius 2 is 1.67 bits per heavy atom. The maximum absolute atomic E-state index is 13.5.